The Bertz CT molecular complexity index is 2080. The number of para-hydroxylation sites is 2. The zero-order valence-electron chi connectivity index (χ0n) is 38.5. The van der Waals surface area contributed by atoms with Crippen LogP contribution in [-0.4, -0.2) is 155 Å². The van der Waals surface area contributed by atoms with Crippen LogP contribution in [0.4, 0.5) is 0 Å². The number of fused-ring (bicyclic) bond motifs is 2. The van der Waals surface area contributed by atoms with E-state index >= 15 is 0 Å². The van der Waals surface area contributed by atoms with Crippen molar-refractivity contribution in [2.24, 2.45) is 0 Å². The minimum absolute atomic E-state index is 0.0410. The first-order valence-corrected chi connectivity index (χ1v) is 25.3. The highest BCUT2D eigenvalue weighted by atomic mass is 16.2. The van der Waals surface area contributed by atoms with Crippen LogP contribution >= 0.6 is 0 Å². The summed E-state index contributed by atoms with van der Waals surface area (Å²) < 4.78 is 0. The van der Waals surface area contributed by atoms with Gasteiger partial charge in [-0.3, -0.25) is 9.59 Å². The van der Waals surface area contributed by atoms with E-state index in [0.717, 1.165) is 88.1 Å². The summed E-state index contributed by atoms with van der Waals surface area (Å²) in [5.74, 6) is -0.0819. The van der Waals surface area contributed by atoms with Gasteiger partial charge in [-0.05, 0) is 178 Å². The van der Waals surface area contributed by atoms with Crippen molar-refractivity contribution in [2.45, 2.75) is 102 Å². The molecule has 0 aliphatic carbocycles. The van der Waals surface area contributed by atoms with Crippen molar-refractivity contribution >= 4 is 33.6 Å². The molecule has 5 aromatic rings. The van der Waals surface area contributed by atoms with Gasteiger partial charge in [0.2, 0.25) is 0 Å². The highest BCUT2D eigenvalue weighted by molar-refractivity contribution is 6.07. The average molecular weight is 867 g/mol. The lowest BCUT2D eigenvalue weighted by atomic mass is 9.99. The Balaban J connectivity index is 0.884. The Morgan fingerprint density at radius 3 is 1.30 bits per heavy atom. The van der Waals surface area contributed by atoms with Gasteiger partial charge in [-0.1, -0.05) is 61.4 Å². The Morgan fingerprint density at radius 1 is 0.484 bits per heavy atom. The Kier molecular flexibility index (Phi) is 15.5. The Morgan fingerprint density at radius 2 is 0.875 bits per heavy atom. The first-order chi connectivity index (χ1) is 31.6. The van der Waals surface area contributed by atoms with Crippen molar-refractivity contribution in [3.63, 3.8) is 0 Å². The van der Waals surface area contributed by atoms with Gasteiger partial charge in [0, 0.05) is 72.5 Å². The molecule has 4 aliphatic rings. The van der Waals surface area contributed by atoms with Gasteiger partial charge in [0.15, 0.2) is 0 Å². The third-order valence-corrected chi connectivity index (χ3v) is 15.3. The molecule has 0 spiro atoms. The zero-order chi connectivity index (χ0) is 43.5. The molecule has 0 atom stereocenters. The van der Waals surface area contributed by atoms with E-state index in [1.54, 1.807) is 0 Å². The van der Waals surface area contributed by atoms with E-state index in [1.807, 2.05) is 34.1 Å². The molecule has 64 heavy (non-hydrogen) atoms. The smallest absolute Gasteiger partial charge is 0.254 e. The monoisotopic (exact) mass is 867 g/mol. The fourth-order valence-corrected chi connectivity index (χ4v) is 11.6. The van der Waals surface area contributed by atoms with Gasteiger partial charge in [0.05, 0.1) is 11.1 Å². The number of benzene rings is 3. The van der Waals surface area contributed by atoms with Crippen molar-refractivity contribution < 1.29 is 9.59 Å². The van der Waals surface area contributed by atoms with Crippen molar-refractivity contribution in [1.82, 2.24) is 39.4 Å². The van der Waals surface area contributed by atoms with Crippen LogP contribution in [-0.2, 0) is 12.8 Å². The van der Waals surface area contributed by atoms with Crippen LogP contribution < -0.4 is 0 Å². The van der Waals surface area contributed by atoms with E-state index in [9.17, 15) is 9.59 Å². The van der Waals surface area contributed by atoms with Crippen LogP contribution in [0.5, 0.6) is 0 Å². The minimum atomic E-state index is -0.0410. The topological polar surface area (TPSA) is 85.2 Å². The summed E-state index contributed by atoms with van der Waals surface area (Å²) in [5, 5.41) is 2.42. The van der Waals surface area contributed by atoms with E-state index in [-0.39, 0.29) is 11.8 Å². The van der Waals surface area contributed by atoms with Gasteiger partial charge in [-0.25, -0.2) is 0 Å². The van der Waals surface area contributed by atoms with Crippen LogP contribution in [0.1, 0.15) is 109 Å². The lowest BCUT2D eigenvalue weighted by Crippen LogP contribution is -2.47. The molecule has 9 rings (SSSR count). The first kappa shape index (κ1) is 44.7. The molecule has 0 unspecified atom stereocenters. The number of aromatic nitrogens is 2. The van der Waals surface area contributed by atoms with Crippen LogP contribution in [0, 0.1) is 0 Å². The number of hydrogen-bond acceptors (Lipinski definition) is 6. The molecule has 0 radical (unpaired) electrons. The molecular weight excluding hydrogens is 793 g/mol. The van der Waals surface area contributed by atoms with Crippen LogP contribution in [0.2, 0.25) is 0 Å². The average Bonchev–Trinajstić information content (AvgIpc) is 3.98. The zero-order valence-corrected chi connectivity index (χ0v) is 38.5. The molecule has 0 bridgehead atoms. The lowest BCUT2D eigenvalue weighted by molar-refractivity contribution is 0.0693. The molecule has 3 aromatic carbocycles. The number of amides is 2. The van der Waals surface area contributed by atoms with E-state index in [1.165, 1.54) is 112 Å². The van der Waals surface area contributed by atoms with Gasteiger partial charge in [-0.2, -0.15) is 0 Å². The summed E-state index contributed by atoms with van der Waals surface area (Å²) >= 11 is 0. The number of H-pyrrole nitrogens is 2. The SMILES string of the molecule is O=C(c1ccccc1C(=O)N(CCCN1CCC(N2CCCCC2)CC1)CCc1c[nH]c2ccccc12)N(CCCN1CCC(N2CCCCC2)CC1)CCc1c[nH]c2ccccc12. The molecule has 4 aliphatic heterocycles. The quantitative estimate of drug-likeness (QED) is 0.0918. The number of carbonyl (C=O) groups is 2. The molecular formula is C54H74N8O2. The van der Waals surface area contributed by atoms with Crippen LogP contribution in [0.15, 0.2) is 85.2 Å². The number of likely N-dealkylation sites (tertiary alicyclic amines) is 4. The maximum atomic E-state index is 15.0. The van der Waals surface area contributed by atoms with Crippen molar-refractivity contribution in [3.8, 4) is 0 Å². The standard InChI is InChI=1S/C54H74N8O2/c63-53(61(39-21-43-41-55-51-19-7-5-15-47(43)51)33-13-27-57-35-23-45(24-36-57)59-29-9-1-10-30-59)49-17-3-4-18-50(49)54(64)62(40-22-44-42-56-52-20-8-6-16-48(44)52)34-14-28-58-37-25-46(26-38-58)60-31-11-2-12-32-60/h3-8,15-20,41-42,45-46,55-56H,1-2,9-14,21-40H2. The van der Waals surface area contributed by atoms with E-state index < -0.39 is 0 Å². The number of piperidine rings is 4. The third kappa shape index (κ3) is 11.1. The highest BCUT2D eigenvalue weighted by Crippen LogP contribution is 2.25. The molecule has 2 N–H and O–H groups in total. The Labute approximate surface area is 382 Å². The largest absolute Gasteiger partial charge is 0.361 e. The van der Waals surface area contributed by atoms with Gasteiger partial charge >= 0.3 is 0 Å². The molecule has 2 amide bonds. The van der Waals surface area contributed by atoms with Crippen molar-refractivity contribution in [2.75, 3.05) is 91.6 Å². The third-order valence-electron chi connectivity index (χ3n) is 15.3. The van der Waals surface area contributed by atoms with Crippen LogP contribution in [0.3, 0.4) is 0 Å². The fraction of sp³-hybridized carbons (Fsp3) is 0.556. The predicted octanol–water partition coefficient (Wildman–Crippen LogP) is 8.70. The number of carbonyl (C=O) groups excluding carboxylic acids is 2. The van der Waals surface area contributed by atoms with Crippen molar-refractivity contribution in [1.29, 1.82) is 0 Å². The van der Waals surface area contributed by atoms with Crippen molar-refractivity contribution in [3.05, 3.63) is 107 Å². The lowest BCUT2D eigenvalue weighted by Gasteiger charge is -2.40. The second-order valence-electron chi connectivity index (χ2n) is 19.4. The maximum Gasteiger partial charge on any atom is 0.254 e. The molecule has 10 nitrogen and oxygen atoms in total. The first-order valence-electron chi connectivity index (χ1n) is 25.3. The number of rotatable bonds is 18. The Hall–Kier alpha value is -4.48. The summed E-state index contributed by atoms with van der Waals surface area (Å²) in [6, 6.07) is 25.9. The summed E-state index contributed by atoms with van der Waals surface area (Å²) in [6.45, 7) is 14.1. The van der Waals surface area contributed by atoms with E-state index in [2.05, 4.69) is 90.5 Å². The van der Waals surface area contributed by atoms with E-state index in [0.29, 0.717) is 37.3 Å². The maximum absolute atomic E-state index is 15.0. The summed E-state index contributed by atoms with van der Waals surface area (Å²) in [5.41, 5.74) is 5.72. The number of aromatic amines is 2. The highest BCUT2D eigenvalue weighted by Gasteiger charge is 2.29. The van der Waals surface area contributed by atoms with E-state index in [4.69, 9.17) is 0 Å². The molecule has 10 heteroatoms. The molecule has 6 heterocycles. The summed E-state index contributed by atoms with van der Waals surface area (Å²) in [6.07, 6.45) is 20.6. The molecule has 4 saturated heterocycles. The van der Waals surface area contributed by atoms with Gasteiger partial charge in [0.1, 0.15) is 0 Å². The molecule has 2 aromatic heterocycles. The molecule has 0 saturated carbocycles. The molecule has 4 fully saturated rings. The molecule has 342 valence electrons. The van der Waals surface area contributed by atoms with Gasteiger partial charge < -0.3 is 39.4 Å². The number of hydrogen-bond donors (Lipinski definition) is 2. The summed E-state index contributed by atoms with van der Waals surface area (Å²) in [4.78, 5) is 51.6. The second kappa shape index (κ2) is 22.1. The number of nitrogens with one attached hydrogen (secondary N) is 2. The summed E-state index contributed by atoms with van der Waals surface area (Å²) in [7, 11) is 0. The van der Waals surface area contributed by atoms with Gasteiger partial charge in [-0.15, -0.1) is 0 Å². The second-order valence-corrected chi connectivity index (χ2v) is 19.4. The van der Waals surface area contributed by atoms with Crippen LogP contribution in [0.25, 0.3) is 21.8 Å². The number of nitrogens with zero attached hydrogens (tertiary/aromatic N) is 6. The minimum Gasteiger partial charge on any atom is -0.361 e. The fourth-order valence-electron chi connectivity index (χ4n) is 11.6. The predicted molar refractivity (Wildman–Crippen MR) is 261 cm³/mol. The normalized spacial score (nSPS) is 19.1. The van der Waals surface area contributed by atoms with Gasteiger partial charge in [0.25, 0.3) is 11.8 Å².